The molecule has 7 aliphatic rings. The molecule has 0 radical (unpaired) electrons. The van der Waals surface area contributed by atoms with Crippen molar-refractivity contribution in [2.24, 2.45) is 45.3 Å². The highest BCUT2D eigenvalue weighted by molar-refractivity contribution is 5.93. The summed E-state index contributed by atoms with van der Waals surface area (Å²) in [5, 5.41) is 25.8. The Bertz CT molecular complexity index is 1310. The van der Waals surface area contributed by atoms with Gasteiger partial charge in [-0.05, 0) is 81.3 Å². The van der Waals surface area contributed by atoms with Gasteiger partial charge in [-0.2, -0.15) is 0 Å². The summed E-state index contributed by atoms with van der Waals surface area (Å²) in [6.07, 6.45) is 2.91. The van der Waals surface area contributed by atoms with Crippen LogP contribution < -0.4 is 0 Å². The summed E-state index contributed by atoms with van der Waals surface area (Å²) < 4.78 is 24.9. The third-order valence-electron chi connectivity index (χ3n) is 13.6. The van der Waals surface area contributed by atoms with Gasteiger partial charge in [0.15, 0.2) is 11.9 Å². The molecule has 0 aromatic carbocycles. The molecule has 0 aromatic heterocycles. The van der Waals surface area contributed by atoms with Crippen molar-refractivity contribution in [3.63, 3.8) is 0 Å². The van der Waals surface area contributed by atoms with Gasteiger partial charge in [0, 0.05) is 11.3 Å². The van der Waals surface area contributed by atoms with Crippen LogP contribution in [-0.4, -0.2) is 64.1 Å². The molecular formula is C33H46O8. The maximum atomic E-state index is 14.3. The van der Waals surface area contributed by atoms with Crippen molar-refractivity contribution in [2.45, 2.75) is 117 Å². The second-order valence-corrected chi connectivity index (χ2v) is 16.1. The van der Waals surface area contributed by atoms with Crippen LogP contribution in [0.25, 0.3) is 0 Å². The lowest BCUT2D eigenvalue weighted by atomic mass is 9.58. The van der Waals surface area contributed by atoms with E-state index in [-0.39, 0.29) is 35.7 Å². The van der Waals surface area contributed by atoms with Crippen molar-refractivity contribution < 1.29 is 38.7 Å². The minimum Gasteiger partial charge on any atom is -0.452 e. The lowest BCUT2D eigenvalue weighted by Crippen LogP contribution is -2.69. The Morgan fingerprint density at radius 2 is 1.78 bits per heavy atom. The highest BCUT2D eigenvalue weighted by Gasteiger charge is 2.80. The van der Waals surface area contributed by atoms with Gasteiger partial charge in [0.2, 0.25) is 5.60 Å². The lowest BCUT2D eigenvalue weighted by molar-refractivity contribution is -0.314. The molecule has 11 atom stereocenters. The number of fused-ring (bicyclic) bond motifs is 7. The number of hydrogen-bond acceptors (Lipinski definition) is 8. The zero-order valence-electron chi connectivity index (χ0n) is 25.9. The fourth-order valence-electron chi connectivity index (χ4n) is 10.5. The first-order valence-electron chi connectivity index (χ1n) is 15.4. The van der Waals surface area contributed by atoms with Gasteiger partial charge in [0.1, 0.15) is 11.7 Å². The molecule has 0 amide bonds. The van der Waals surface area contributed by atoms with Crippen LogP contribution in [0.15, 0.2) is 23.3 Å². The summed E-state index contributed by atoms with van der Waals surface area (Å²) in [5.41, 5.74) is -4.43. The molecule has 8 nitrogen and oxygen atoms in total. The van der Waals surface area contributed by atoms with Crippen molar-refractivity contribution in [1.82, 2.24) is 0 Å². The van der Waals surface area contributed by atoms with Crippen LogP contribution in [0.4, 0.5) is 0 Å². The second kappa shape index (κ2) is 7.66. The molecule has 2 N–H and O–H groups in total. The van der Waals surface area contributed by atoms with Crippen LogP contribution in [-0.2, 0) is 28.5 Å². The van der Waals surface area contributed by atoms with E-state index in [2.05, 4.69) is 26.8 Å². The number of rotatable bonds is 2. The smallest absolute Gasteiger partial charge is 0.351 e. The van der Waals surface area contributed by atoms with Crippen LogP contribution in [0, 0.1) is 45.3 Å². The first kappa shape index (κ1) is 28.1. The van der Waals surface area contributed by atoms with Gasteiger partial charge in [0.25, 0.3) is 0 Å². The Labute approximate surface area is 242 Å². The first-order valence-corrected chi connectivity index (χ1v) is 15.4. The van der Waals surface area contributed by atoms with Gasteiger partial charge in [-0.25, -0.2) is 4.79 Å². The monoisotopic (exact) mass is 570 g/mol. The molecule has 7 rings (SSSR count). The van der Waals surface area contributed by atoms with E-state index < -0.39 is 57.5 Å². The zero-order valence-corrected chi connectivity index (χ0v) is 25.9. The SMILES string of the molecule is CC1=C[C@]23C(O)[C@@H](C=C4COC(C)(C)OC4[C@]2(O)[C@H]1OC(=O)C12CCC(C)(C(=O)O1)C2(C)C)[C@@H]1[C@@H](C[C@H]3C)C1(C)C. The van der Waals surface area contributed by atoms with E-state index in [0.29, 0.717) is 24.3 Å². The molecule has 5 aliphatic carbocycles. The van der Waals surface area contributed by atoms with Crippen LogP contribution >= 0.6 is 0 Å². The van der Waals surface area contributed by atoms with Crippen LogP contribution in [0.1, 0.15) is 81.6 Å². The Morgan fingerprint density at radius 3 is 2.39 bits per heavy atom. The minimum atomic E-state index is -1.81. The summed E-state index contributed by atoms with van der Waals surface area (Å²) in [5.74, 6) is -1.69. The lowest BCUT2D eigenvalue weighted by Gasteiger charge is -2.55. The molecule has 4 bridgehead atoms. The predicted molar refractivity (Wildman–Crippen MR) is 148 cm³/mol. The van der Waals surface area contributed by atoms with Gasteiger partial charge < -0.3 is 29.2 Å². The summed E-state index contributed by atoms with van der Waals surface area (Å²) in [7, 11) is 0. The predicted octanol–water partition coefficient (Wildman–Crippen LogP) is 4.08. The first-order chi connectivity index (χ1) is 18.8. The topological polar surface area (TPSA) is 112 Å². The van der Waals surface area contributed by atoms with Gasteiger partial charge in [0.05, 0.1) is 23.5 Å². The molecule has 3 saturated carbocycles. The van der Waals surface area contributed by atoms with Crippen molar-refractivity contribution in [3.8, 4) is 0 Å². The quantitative estimate of drug-likeness (QED) is 0.378. The third-order valence-corrected chi connectivity index (χ3v) is 13.6. The Kier molecular flexibility index (Phi) is 5.24. The van der Waals surface area contributed by atoms with E-state index in [0.717, 1.165) is 12.0 Å². The van der Waals surface area contributed by atoms with E-state index in [1.165, 1.54) is 0 Å². The molecule has 8 heteroatoms. The summed E-state index contributed by atoms with van der Waals surface area (Å²) in [6, 6.07) is 0. The number of ether oxygens (including phenoxy) is 4. The van der Waals surface area contributed by atoms with E-state index in [4.69, 9.17) is 18.9 Å². The molecule has 5 fully saturated rings. The summed E-state index contributed by atoms with van der Waals surface area (Å²) in [6.45, 7) is 18.0. The summed E-state index contributed by atoms with van der Waals surface area (Å²) in [4.78, 5) is 27.3. The minimum absolute atomic E-state index is 0.0711. The molecule has 2 aliphatic heterocycles. The highest BCUT2D eigenvalue weighted by atomic mass is 16.7. The van der Waals surface area contributed by atoms with Gasteiger partial charge >= 0.3 is 11.9 Å². The number of carbonyl (C=O) groups excluding carboxylic acids is 2. The number of aliphatic hydroxyl groups excluding tert-OH is 1. The van der Waals surface area contributed by atoms with Gasteiger partial charge in [-0.15, -0.1) is 0 Å². The number of aliphatic hydroxyl groups is 2. The molecule has 2 heterocycles. The van der Waals surface area contributed by atoms with Gasteiger partial charge in [-0.1, -0.05) is 46.8 Å². The Hall–Kier alpha value is -1.74. The average molecular weight is 571 g/mol. The molecule has 4 unspecified atom stereocenters. The number of hydrogen-bond donors (Lipinski definition) is 2. The van der Waals surface area contributed by atoms with E-state index in [1.807, 2.05) is 47.6 Å². The number of carbonyl (C=O) groups is 2. The fraction of sp³-hybridized carbons (Fsp3) is 0.818. The second-order valence-electron chi connectivity index (χ2n) is 16.1. The van der Waals surface area contributed by atoms with Crippen molar-refractivity contribution in [1.29, 1.82) is 0 Å². The normalized spacial score (nSPS) is 53.0. The maximum absolute atomic E-state index is 14.3. The standard InChI is InChI=1S/C33H46O8/c1-16-14-31-17(2)12-20-21(27(20,3)4)19(22(31)34)13-18-15-38-29(7,8)40-24(18)33(31,37)23(16)39-26(36)32-11-10-30(9,25(35)41-32)28(32,5)6/h13-14,17,19-24,34,37H,10-12,15H2,1-9H3/t17-,19+,20-,21-,22?,23+,24?,30?,31+,32?,33-/m1/s1. The molecule has 0 aromatic rings. The van der Waals surface area contributed by atoms with Crippen LogP contribution in [0.2, 0.25) is 0 Å². The van der Waals surface area contributed by atoms with E-state index in [9.17, 15) is 19.8 Å². The highest BCUT2D eigenvalue weighted by Crippen LogP contribution is 2.73. The summed E-state index contributed by atoms with van der Waals surface area (Å²) >= 11 is 0. The zero-order chi connectivity index (χ0) is 29.9. The van der Waals surface area contributed by atoms with Crippen LogP contribution in [0.3, 0.4) is 0 Å². The average Bonchev–Trinajstić information content (AvgIpc) is 3.21. The maximum Gasteiger partial charge on any atom is 0.351 e. The molecule has 1 spiro atoms. The van der Waals surface area contributed by atoms with E-state index >= 15 is 0 Å². The largest absolute Gasteiger partial charge is 0.452 e. The third kappa shape index (κ3) is 2.92. The van der Waals surface area contributed by atoms with E-state index in [1.54, 1.807) is 0 Å². The number of esters is 2. The molecule has 2 saturated heterocycles. The van der Waals surface area contributed by atoms with Crippen LogP contribution in [0.5, 0.6) is 0 Å². The molecular weight excluding hydrogens is 524 g/mol. The Balaban J connectivity index is 1.36. The fourth-order valence-corrected chi connectivity index (χ4v) is 10.5. The van der Waals surface area contributed by atoms with Crippen molar-refractivity contribution in [3.05, 3.63) is 23.3 Å². The van der Waals surface area contributed by atoms with Crippen molar-refractivity contribution in [2.75, 3.05) is 6.61 Å². The van der Waals surface area contributed by atoms with Gasteiger partial charge in [-0.3, -0.25) is 4.79 Å². The van der Waals surface area contributed by atoms with Crippen molar-refractivity contribution >= 4 is 11.9 Å². The Morgan fingerprint density at radius 1 is 1.10 bits per heavy atom. The molecule has 226 valence electrons. The molecule has 41 heavy (non-hydrogen) atoms.